The van der Waals surface area contributed by atoms with E-state index in [0.29, 0.717) is 0 Å². The fourth-order valence-electron chi connectivity index (χ4n) is 0.715. The van der Waals surface area contributed by atoms with Crippen LogP contribution in [0.1, 0.15) is 19.8 Å². The predicted molar refractivity (Wildman–Crippen MR) is 44.8 cm³/mol. The molecule has 0 aliphatic carbocycles. The van der Waals surface area contributed by atoms with Gasteiger partial charge in [-0.05, 0) is 25.7 Å². The van der Waals surface area contributed by atoms with Crippen LogP contribution >= 0.6 is 0 Å². The van der Waals surface area contributed by atoms with Gasteiger partial charge in [0.25, 0.3) is 0 Å². The van der Waals surface area contributed by atoms with Gasteiger partial charge in [-0.3, -0.25) is 0 Å². The number of aliphatic hydroxyl groups is 1. The van der Waals surface area contributed by atoms with Crippen LogP contribution in [0.5, 0.6) is 0 Å². The Morgan fingerprint density at radius 2 is 2.30 bits per heavy atom. The average Bonchev–Trinajstić information content (AvgIpc) is 1.90. The molecule has 1 N–H and O–H groups in total. The Kier molecular flexibility index (Phi) is 4.95. The van der Waals surface area contributed by atoms with Gasteiger partial charge in [0.2, 0.25) is 0 Å². The van der Waals surface area contributed by atoms with E-state index in [0.717, 1.165) is 12.8 Å². The molecule has 1 unspecified atom stereocenters. The zero-order valence-corrected chi connectivity index (χ0v) is 6.64. The van der Waals surface area contributed by atoms with Crippen LogP contribution in [0.3, 0.4) is 0 Å². The summed E-state index contributed by atoms with van der Waals surface area (Å²) in [5.41, 5.74) is 1.17. The first-order chi connectivity index (χ1) is 4.70. The van der Waals surface area contributed by atoms with E-state index in [9.17, 15) is 0 Å². The number of hydrogen-bond donors (Lipinski definition) is 1. The van der Waals surface area contributed by atoms with E-state index in [1.54, 1.807) is 6.08 Å². The molecule has 1 atom stereocenters. The van der Waals surface area contributed by atoms with Crippen LogP contribution in [0, 0.1) is 5.92 Å². The Hall–Kier alpha value is -0.560. The summed E-state index contributed by atoms with van der Waals surface area (Å²) in [6, 6.07) is 0. The van der Waals surface area contributed by atoms with Crippen molar-refractivity contribution < 1.29 is 5.11 Å². The van der Waals surface area contributed by atoms with Crippen molar-refractivity contribution in [3.63, 3.8) is 0 Å². The van der Waals surface area contributed by atoms with Crippen molar-refractivity contribution in [1.82, 2.24) is 0 Å². The minimum atomic E-state index is 0.205. The largest absolute Gasteiger partial charge is 0.396 e. The van der Waals surface area contributed by atoms with Gasteiger partial charge in [0.05, 0.1) is 0 Å². The summed E-state index contributed by atoms with van der Waals surface area (Å²) < 4.78 is 0. The van der Waals surface area contributed by atoms with Crippen LogP contribution in [0.25, 0.3) is 0 Å². The Labute approximate surface area is 63.1 Å². The van der Waals surface area contributed by atoms with Crippen molar-refractivity contribution in [2.75, 3.05) is 6.61 Å². The minimum absolute atomic E-state index is 0.205. The van der Waals surface area contributed by atoms with Crippen LogP contribution in [0.15, 0.2) is 24.8 Å². The van der Waals surface area contributed by atoms with Gasteiger partial charge in [0, 0.05) is 6.61 Å². The van der Waals surface area contributed by atoms with Gasteiger partial charge in [-0.25, -0.2) is 0 Å². The highest BCUT2D eigenvalue weighted by atomic mass is 16.3. The van der Waals surface area contributed by atoms with Crippen molar-refractivity contribution in [2.45, 2.75) is 19.8 Å². The van der Waals surface area contributed by atoms with Crippen LogP contribution in [0.2, 0.25) is 0 Å². The van der Waals surface area contributed by atoms with Crippen LogP contribution in [0.4, 0.5) is 0 Å². The summed E-state index contributed by atoms with van der Waals surface area (Å²) >= 11 is 0. The Morgan fingerprint density at radius 1 is 1.70 bits per heavy atom. The van der Waals surface area contributed by atoms with Crippen LogP contribution in [-0.4, -0.2) is 11.7 Å². The fraction of sp³-hybridized carbons (Fsp3) is 0.556. The molecule has 0 rings (SSSR count). The molecule has 0 aromatic heterocycles. The maximum atomic E-state index is 8.74. The first-order valence-electron chi connectivity index (χ1n) is 3.58. The summed E-state index contributed by atoms with van der Waals surface area (Å²) in [4.78, 5) is 0. The van der Waals surface area contributed by atoms with Crippen molar-refractivity contribution in [1.29, 1.82) is 0 Å². The zero-order valence-electron chi connectivity index (χ0n) is 6.64. The third-order valence-corrected chi connectivity index (χ3v) is 1.51. The van der Waals surface area contributed by atoms with Gasteiger partial charge in [-0.2, -0.15) is 0 Å². The molecule has 0 fully saturated rings. The van der Waals surface area contributed by atoms with Crippen molar-refractivity contribution in [2.24, 2.45) is 5.92 Å². The summed E-state index contributed by atoms with van der Waals surface area (Å²) in [5.74, 6) is 0.247. The van der Waals surface area contributed by atoms with Crippen molar-refractivity contribution in [3.05, 3.63) is 24.8 Å². The SMILES string of the molecule is C=CC(CO)CCC(=C)C. The van der Waals surface area contributed by atoms with Gasteiger partial charge in [-0.1, -0.05) is 11.6 Å². The van der Waals surface area contributed by atoms with Crippen LogP contribution < -0.4 is 0 Å². The zero-order chi connectivity index (χ0) is 7.98. The Balaban J connectivity index is 3.44. The third-order valence-electron chi connectivity index (χ3n) is 1.51. The first kappa shape index (κ1) is 9.44. The smallest absolute Gasteiger partial charge is 0.0493 e. The molecule has 0 amide bonds. The van der Waals surface area contributed by atoms with Gasteiger partial charge >= 0.3 is 0 Å². The highest BCUT2D eigenvalue weighted by molar-refractivity contribution is 4.90. The molecule has 0 heterocycles. The van der Waals surface area contributed by atoms with E-state index in [-0.39, 0.29) is 12.5 Å². The second kappa shape index (κ2) is 5.24. The minimum Gasteiger partial charge on any atom is -0.396 e. The lowest BCUT2D eigenvalue weighted by molar-refractivity contribution is 0.246. The molecule has 0 radical (unpaired) electrons. The van der Waals surface area contributed by atoms with E-state index < -0.39 is 0 Å². The van der Waals surface area contributed by atoms with Gasteiger partial charge in [0.1, 0.15) is 0 Å². The molecule has 10 heavy (non-hydrogen) atoms. The Bertz CT molecular complexity index is 116. The van der Waals surface area contributed by atoms with E-state index in [2.05, 4.69) is 13.2 Å². The van der Waals surface area contributed by atoms with E-state index in [1.165, 1.54) is 5.57 Å². The van der Waals surface area contributed by atoms with Crippen molar-refractivity contribution in [3.8, 4) is 0 Å². The molecular weight excluding hydrogens is 124 g/mol. The number of allylic oxidation sites excluding steroid dienone is 1. The number of aliphatic hydroxyl groups excluding tert-OH is 1. The lowest BCUT2D eigenvalue weighted by atomic mass is 10.0. The Morgan fingerprint density at radius 3 is 2.60 bits per heavy atom. The molecule has 0 aliphatic rings. The fourth-order valence-corrected chi connectivity index (χ4v) is 0.715. The standard InChI is InChI=1S/C9H16O/c1-4-9(7-10)6-5-8(2)3/h4,9-10H,1-2,5-7H2,3H3. The molecule has 0 aromatic carbocycles. The van der Waals surface area contributed by atoms with E-state index in [1.807, 2.05) is 6.92 Å². The quantitative estimate of drug-likeness (QED) is 0.580. The molecule has 0 aliphatic heterocycles. The lowest BCUT2D eigenvalue weighted by Crippen LogP contribution is -2.01. The first-order valence-corrected chi connectivity index (χ1v) is 3.58. The highest BCUT2D eigenvalue weighted by Gasteiger charge is 2.00. The maximum absolute atomic E-state index is 8.74. The van der Waals surface area contributed by atoms with Crippen LogP contribution in [-0.2, 0) is 0 Å². The maximum Gasteiger partial charge on any atom is 0.0493 e. The number of hydrogen-bond acceptors (Lipinski definition) is 1. The topological polar surface area (TPSA) is 20.2 Å². The highest BCUT2D eigenvalue weighted by Crippen LogP contribution is 2.10. The van der Waals surface area contributed by atoms with Gasteiger partial charge < -0.3 is 5.11 Å². The molecule has 0 spiro atoms. The summed E-state index contributed by atoms with van der Waals surface area (Å²) in [7, 11) is 0. The molecule has 58 valence electrons. The summed E-state index contributed by atoms with van der Waals surface area (Å²) in [6.07, 6.45) is 3.75. The lowest BCUT2D eigenvalue weighted by Gasteiger charge is -2.07. The summed E-state index contributed by atoms with van der Waals surface area (Å²) in [5, 5.41) is 8.74. The predicted octanol–water partition coefficient (Wildman–Crippen LogP) is 2.14. The molecule has 0 saturated heterocycles. The number of rotatable bonds is 5. The second-order valence-electron chi connectivity index (χ2n) is 2.67. The van der Waals surface area contributed by atoms with E-state index >= 15 is 0 Å². The van der Waals surface area contributed by atoms with Crippen molar-refractivity contribution >= 4 is 0 Å². The molecule has 0 saturated carbocycles. The molecule has 1 heteroatoms. The normalized spacial score (nSPS) is 12.6. The average molecular weight is 140 g/mol. The second-order valence-corrected chi connectivity index (χ2v) is 2.67. The van der Waals surface area contributed by atoms with Gasteiger partial charge in [0.15, 0.2) is 0 Å². The third kappa shape index (κ3) is 4.33. The monoisotopic (exact) mass is 140 g/mol. The summed E-state index contributed by atoms with van der Waals surface area (Å²) in [6.45, 7) is 9.60. The molecular formula is C9H16O. The van der Waals surface area contributed by atoms with E-state index in [4.69, 9.17) is 5.11 Å². The molecule has 0 bridgehead atoms. The molecule has 0 aromatic rings. The van der Waals surface area contributed by atoms with Gasteiger partial charge in [-0.15, -0.1) is 13.2 Å². The molecule has 1 nitrogen and oxygen atoms in total.